The number of ether oxygens (including phenoxy) is 1. The van der Waals surface area contributed by atoms with Crippen LogP contribution in [0.1, 0.15) is 55.5 Å². The third-order valence-corrected chi connectivity index (χ3v) is 4.80. The molecule has 2 aromatic rings. The second-order valence-electron chi connectivity index (χ2n) is 7.07. The van der Waals surface area contributed by atoms with Crippen molar-refractivity contribution in [1.82, 2.24) is 4.90 Å². The fourth-order valence-corrected chi connectivity index (χ4v) is 3.04. The van der Waals surface area contributed by atoms with Gasteiger partial charge >= 0.3 is 0 Å². The number of para-hydroxylation sites is 1. The Labute approximate surface area is 168 Å². The number of rotatable bonds is 12. The summed E-state index contributed by atoms with van der Waals surface area (Å²) in [5.41, 5.74) is 13.5. The lowest BCUT2D eigenvalue weighted by atomic mass is 10.0. The van der Waals surface area contributed by atoms with Gasteiger partial charge in [-0.1, -0.05) is 38.8 Å². The molecular weight excluding hydrogens is 350 g/mol. The molecule has 0 bridgehead atoms. The molecule has 152 valence electrons. The molecule has 0 fully saturated rings. The van der Waals surface area contributed by atoms with Gasteiger partial charge in [0.1, 0.15) is 12.4 Å². The highest BCUT2D eigenvalue weighted by Gasteiger charge is 2.15. The monoisotopic (exact) mass is 383 g/mol. The number of nitrogens with two attached hydrogens (primary N) is 2. The first kappa shape index (κ1) is 21.8. The van der Waals surface area contributed by atoms with E-state index in [4.69, 9.17) is 16.2 Å². The van der Waals surface area contributed by atoms with E-state index in [1.165, 1.54) is 25.7 Å². The molecule has 0 aliphatic carbocycles. The number of nitrogens with zero attached hydrogens (tertiary/aromatic N) is 1. The van der Waals surface area contributed by atoms with Crippen LogP contribution in [0.4, 0.5) is 11.4 Å². The number of unbranched alkanes of at least 4 members (excludes halogenated alkanes) is 2. The normalized spacial score (nSPS) is 11.0. The third kappa shape index (κ3) is 6.27. The fraction of sp³-hybridized carbons (Fsp3) is 0.435. The summed E-state index contributed by atoms with van der Waals surface area (Å²) < 4.78 is 6.01. The van der Waals surface area contributed by atoms with E-state index in [9.17, 15) is 4.79 Å². The summed E-state index contributed by atoms with van der Waals surface area (Å²) in [6.07, 6.45) is 4.76. The first-order valence-electron chi connectivity index (χ1n) is 10.2. The van der Waals surface area contributed by atoms with Crippen LogP contribution in [0.25, 0.3) is 0 Å². The van der Waals surface area contributed by atoms with Gasteiger partial charge in [-0.2, -0.15) is 0 Å². The topological polar surface area (TPSA) is 81.6 Å². The summed E-state index contributed by atoms with van der Waals surface area (Å²) in [5, 5.41) is 0. The van der Waals surface area contributed by atoms with Crippen LogP contribution in [-0.4, -0.2) is 36.9 Å². The van der Waals surface area contributed by atoms with Crippen molar-refractivity contribution in [3.63, 3.8) is 0 Å². The minimum Gasteiger partial charge on any atom is -0.491 e. The summed E-state index contributed by atoms with van der Waals surface area (Å²) in [6, 6.07) is 12.3. The Morgan fingerprint density at radius 1 is 0.929 bits per heavy atom. The van der Waals surface area contributed by atoms with E-state index in [0.29, 0.717) is 34.9 Å². The second-order valence-corrected chi connectivity index (χ2v) is 7.07. The van der Waals surface area contributed by atoms with Crippen molar-refractivity contribution in [3.8, 4) is 5.75 Å². The van der Waals surface area contributed by atoms with Crippen LogP contribution in [0.2, 0.25) is 0 Å². The van der Waals surface area contributed by atoms with Gasteiger partial charge in [0.05, 0.1) is 16.9 Å². The Hall–Kier alpha value is -2.53. The predicted octanol–water partition coefficient (Wildman–Crippen LogP) is 4.36. The van der Waals surface area contributed by atoms with E-state index < -0.39 is 0 Å². The molecule has 0 saturated heterocycles. The Bertz CT molecular complexity index is 753. The van der Waals surface area contributed by atoms with E-state index >= 15 is 0 Å². The molecule has 0 aliphatic rings. The van der Waals surface area contributed by atoms with Gasteiger partial charge in [-0.05, 0) is 56.3 Å². The van der Waals surface area contributed by atoms with Gasteiger partial charge in [0.25, 0.3) is 0 Å². The summed E-state index contributed by atoms with van der Waals surface area (Å²) in [4.78, 5) is 15.4. The highest BCUT2D eigenvalue weighted by atomic mass is 16.5. The number of hydrogen-bond acceptors (Lipinski definition) is 5. The Kier molecular flexibility index (Phi) is 8.82. The zero-order valence-corrected chi connectivity index (χ0v) is 17.1. The van der Waals surface area contributed by atoms with Gasteiger partial charge in [0, 0.05) is 12.1 Å². The molecule has 5 nitrogen and oxygen atoms in total. The van der Waals surface area contributed by atoms with Crippen molar-refractivity contribution in [2.24, 2.45) is 0 Å². The molecule has 0 atom stereocenters. The Morgan fingerprint density at radius 3 is 2.25 bits per heavy atom. The van der Waals surface area contributed by atoms with Crippen LogP contribution in [0, 0.1) is 0 Å². The molecule has 0 amide bonds. The maximum Gasteiger partial charge on any atom is 0.196 e. The van der Waals surface area contributed by atoms with E-state index in [1.807, 2.05) is 18.2 Å². The zero-order valence-electron chi connectivity index (χ0n) is 17.1. The van der Waals surface area contributed by atoms with Crippen LogP contribution in [-0.2, 0) is 0 Å². The number of hydrogen-bond donors (Lipinski definition) is 2. The van der Waals surface area contributed by atoms with Crippen molar-refractivity contribution < 1.29 is 9.53 Å². The standard InChI is InChI=1S/C23H33N3O2/c1-3-5-13-26(14-6-4-2)15-16-28-22-10-8-7-9-19(22)23(27)18-11-12-20(24)21(25)17-18/h7-12,17H,3-6,13-16,24-25H2,1-2H3. The van der Waals surface area contributed by atoms with Crippen LogP contribution >= 0.6 is 0 Å². The molecular formula is C23H33N3O2. The van der Waals surface area contributed by atoms with Crippen LogP contribution in [0.3, 0.4) is 0 Å². The molecule has 0 spiro atoms. The molecule has 0 aliphatic heterocycles. The molecule has 5 heteroatoms. The average Bonchev–Trinajstić information content (AvgIpc) is 2.71. The van der Waals surface area contributed by atoms with E-state index in [2.05, 4.69) is 18.7 Å². The van der Waals surface area contributed by atoms with Gasteiger partial charge in [-0.15, -0.1) is 0 Å². The minimum absolute atomic E-state index is 0.115. The van der Waals surface area contributed by atoms with Gasteiger partial charge in [-0.3, -0.25) is 9.69 Å². The quantitative estimate of drug-likeness (QED) is 0.420. The van der Waals surface area contributed by atoms with Gasteiger partial charge in [0.2, 0.25) is 0 Å². The lowest BCUT2D eigenvalue weighted by Gasteiger charge is -2.22. The molecule has 2 rings (SSSR count). The maximum absolute atomic E-state index is 12.9. The lowest BCUT2D eigenvalue weighted by molar-refractivity contribution is 0.103. The summed E-state index contributed by atoms with van der Waals surface area (Å²) in [6.45, 7) is 8.01. The Balaban J connectivity index is 2.04. The van der Waals surface area contributed by atoms with Crippen LogP contribution in [0.15, 0.2) is 42.5 Å². The number of benzene rings is 2. The highest BCUT2D eigenvalue weighted by Crippen LogP contribution is 2.24. The average molecular weight is 384 g/mol. The van der Waals surface area contributed by atoms with Gasteiger partial charge in [-0.25, -0.2) is 0 Å². The zero-order chi connectivity index (χ0) is 20.4. The van der Waals surface area contributed by atoms with E-state index in [-0.39, 0.29) is 5.78 Å². The Morgan fingerprint density at radius 2 is 1.61 bits per heavy atom. The van der Waals surface area contributed by atoms with Crippen LogP contribution in [0.5, 0.6) is 5.75 Å². The van der Waals surface area contributed by atoms with Crippen molar-refractivity contribution in [2.45, 2.75) is 39.5 Å². The molecule has 0 heterocycles. The first-order valence-corrected chi connectivity index (χ1v) is 10.2. The van der Waals surface area contributed by atoms with E-state index in [0.717, 1.165) is 19.6 Å². The number of carbonyl (C=O) groups is 1. The van der Waals surface area contributed by atoms with Crippen LogP contribution < -0.4 is 16.2 Å². The second kappa shape index (κ2) is 11.3. The summed E-state index contributed by atoms with van der Waals surface area (Å²) >= 11 is 0. The fourth-order valence-electron chi connectivity index (χ4n) is 3.04. The maximum atomic E-state index is 12.9. The number of ketones is 1. The van der Waals surface area contributed by atoms with Crippen molar-refractivity contribution in [1.29, 1.82) is 0 Å². The summed E-state index contributed by atoms with van der Waals surface area (Å²) in [7, 11) is 0. The van der Waals surface area contributed by atoms with Gasteiger partial charge < -0.3 is 16.2 Å². The number of anilines is 2. The minimum atomic E-state index is -0.115. The summed E-state index contributed by atoms with van der Waals surface area (Å²) in [5.74, 6) is 0.491. The molecule has 0 saturated carbocycles. The molecule has 0 aromatic heterocycles. The predicted molar refractivity (Wildman–Crippen MR) is 117 cm³/mol. The van der Waals surface area contributed by atoms with E-state index in [1.54, 1.807) is 24.3 Å². The number of carbonyl (C=O) groups excluding carboxylic acids is 1. The molecule has 28 heavy (non-hydrogen) atoms. The van der Waals surface area contributed by atoms with Crippen molar-refractivity contribution >= 4 is 17.2 Å². The SMILES string of the molecule is CCCCN(CCCC)CCOc1ccccc1C(=O)c1ccc(N)c(N)c1. The highest BCUT2D eigenvalue weighted by molar-refractivity contribution is 6.11. The first-order chi connectivity index (χ1) is 13.6. The smallest absolute Gasteiger partial charge is 0.196 e. The largest absolute Gasteiger partial charge is 0.491 e. The van der Waals surface area contributed by atoms with Gasteiger partial charge in [0.15, 0.2) is 5.78 Å². The molecule has 2 aromatic carbocycles. The lowest BCUT2D eigenvalue weighted by Crippen LogP contribution is -2.30. The molecule has 4 N–H and O–H groups in total. The number of nitrogen functional groups attached to an aromatic ring is 2. The molecule has 0 unspecified atom stereocenters. The van der Waals surface area contributed by atoms with Crippen molar-refractivity contribution in [2.75, 3.05) is 37.7 Å². The molecule has 0 radical (unpaired) electrons. The third-order valence-electron chi connectivity index (χ3n) is 4.80. The van der Waals surface area contributed by atoms with Crippen molar-refractivity contribution in [3.05, 3.63) is 53.6 Å².